The van der Waals surface area contributed by atoms with Gasteiger partial charge in [0, 0.05) is 26.2 Å². The third kappa shape index (κ3) is 4.26. The van der Waals surface area contributed by atoms with Crippen molar-refractivity contribution in [3.63, 3.8) is 0 Å². The molecule has 1 heterocycles. The van der Waals surface area contributed by atoms with E-state index < -0.39 is 0 Å². The van der Waals surface area contributed by atoms with Crippen LogP contribution in [0.5, 0.6) is 0 Å². The van der Waals surface area contributed by atoms with Crippen molar-refractivity contribution in [2.24, 2.45) is 0 Å². The second-order valence-electron chi connectivity index (χ2n) is 4.80. The second-order valence-corrected chi connectivity index (χ2v) is 5.59. The lowest BCUT2D eigenvalue weighted by atomic mass is 10.1. The maximum absolute atomic E-state index is 12.4. The van der Waals surface area contributed by atoms with E-state index in [2.05, 4.69) is 5.32 Å². The molecule has 1 aliphatic rings. The highest BCUT2D eigenvalue weighted by molar-refractivity contribution is 6.43. The third-order valence-electron chi connectivity index (χ3n) is 3.43. The fourth-order valence-electron chi connectivity index (χ4n) is 2.26. The second kappa shape index (κ2) is 8.58. The minimum Gasteiger partial charge on any atom is -0.338 e. The Balaban J connectivity index is 0.00000242. The normalized spacial score (nSPS) is 14.5. The molecule has 0 spiro atoms. The first-order valence-electron chi connectivity index (χ1n) is 6.70. The van der Waals surface area contributed by atoms with E-state index in [1.54, 1.807) is 35.0 Å². The standard InChI is InChI=1S/C14H17Cl2N3O2.ClH/c1-17-9-12(20)18-5-7-19(8-6-18)14(21)10-3-2-4-11(15)13(10)16;/h2-4,17H,5-9H2,1H3;1H. The quantitative estimate of drug-likeness (QED) is 0.889. The first kappa shape index (κ1) is 19.0. The lowest BCUT2D eigenvalue weighted by Crippen LogP contribution is -2.52. The molecule has 0 aromatic heterocycles. The molecule has 1 aromatic carbocycles. The van der Waals surface area contributed by atoms with Crippen molar-refractivity contribution in [3.8, 4) is 0 Å². The van der Waals surface area contributed by atoms with Crippen LogP contribution in [0.1, 0.15) is 10.4 Å². The molecule has 8 heteroatoms. The topological polar surface area (TPSA) is 52.7 Å². The van der Waals surface area contributed by atoms with Crippen molar-refractivity contribution in [2.45, 2.75) is 0 Å². The molecule has 1 saturated heterocycles. The van der Waals surface area contributed by atoms with Gasteiger partial charge in [0.1, 0.15) is 0 Å². The number of nitrogens with zero attached hydrogens (tertiary/aromatic N) is 2. The van der Waals surface area contributed by atoms with Gasteiger partial charge in [-0.25, -0.2) is 0 Å². The number of piperazine rings is 1. The summed E-state index contributed by atoms with van der Waals surface area (Å²) in [7, 11) is 1.73. The molecule has 0 bridgehead atoms. The highest BCUT2D eigenvalue weighted by Gasteiger charge is 2.25. The van der Waals surface area contributed by atoms with Crippen molar-refractivity contribution in [3.05, 3.63) is 33.8 Å². The monoisotopic (exact) mass is 365 g/mol. The lowest BCUT2D eigenvalue weighted by molar-refractivity contribution is -0.131. The van der Waals surface area contributed by atoms with E-state index in [4.69, 9.17) is 23.2 Å². The van der Waals surface area contributed by atoms with Crippen molar-refractivity contribution in [1.29, 1.82) is 0 Å². The van der Waals surface area contributed by atoms with Gasteiger partial charge in [-0.15, -0.1) is 12.4 Å². The van der Waals surface area contributed by atoms with Crippen LogP contribution in [0.2, 0.25) is 10.0 Å². The van der Waals surface area contributed by atoms with Gasteiger partial charge in [0.15, 0.2) is 0 Å². The Hall–Kier alpha value is -1.01. The molecule has 0 atom stereocenters. The molecule has 0 aliphatic carbocycles. The predicted molar refractivity (Wildman–Crippen MR) is 90.1 cm³/mol. The Morgan fingerprint density at radius 3 is 2.32 bits per heavy atom. The highest BCUT2D eigenvalue weighted by atomic mass is 35.5. The molecule has 1 aromatic rings. The summed E-state index contributed by atoms with van der Waals surface area (Å²) in [6.07, 6.45) is 0. The van der Waals surface area contributed by atoms with Crippen LogP contribution < -0.4 is 5.32 Å². The number of halogens is 3. The van der Waals surface area contributed by atoms with Gasteiger partial charge in [0.2, 0.25) is 5.91 Å². The third-order valence-corrected chi connectivity index (χ3v) is 4.25. The maximum Gasteiger partial charge on any atom is 0.255 e. The number of carbonyl (C=O) groups excluding carboxylic acids is 2. The summed E-state index contributed by atoms with van der Waals surface area (Å²) in [6, 6.07) is 5.01. The van der Waals surface area contributed by atoms with Gasteiger partial charge >= 0.3 is 0 Å². The van der Waals surface area contributed by atoms with Gasteiger partial charge in [0.25, 0.3) is 5.91 Å². The Kier molecular flexibility index (Phi) is 7.42. The van der Waals surface area contributed by atoms with Crippen LogP contribution in [0, 0.1) is 0 Å². The SMILES string of the molecule is CNCC(=O)N1CCN(C(=O)c2cccc(Cl)c2Cl)CC1.Cl. The molecule has 2 rings (SSSR count). The molecule has 1 N–H and O–H groups in total. The zero-order valence-corrected chi connectivity index (χ0v) is 14.5. The minimum absolute atomic E-state index is 0. The van der Waals surface area contributed by atoms with Gasteiger partial charge < -0.3 is 15.1 Å². The number of likely N-dealkylation sites (N-methyl/N-ethyl adjacent to an activating group) is 1. The zero-order chi connectivity index (χ0) is 15.4. The van der Waals surface area contributed by atoms with Crippen LogP contribution in [-0.2, 0) is 4.79 Å². The summed E-state index contributed by atoms with van der Waals surface area (Å²) >= 11 is 12.0. The van der Waals surface area contributed by atoms with Crippen molar-refractivity contribution in [2.75, 3.05) is 39.8 Å². The number of rotatable bonds is 3. The minimum atomic E-state index is -0.150. The van der Waals surface area contributed by atoms with E-state index in [1.807, 2.05) is 0 Å². The average Bonchev–Trinajstić information content (AvgIpc) is 2.50. The van der Waals surface area contributed by atoms with Gasteiger partial charge in [-0.2, -0.15) is 0 Å². The van der Waals surface area contributed by atoms with E-state index >= 15 is 0 Å². The summed E-state index contributed by atoms with van der Waals surface area (Å²) in [5.41, 5.74) is 0.402. The number of benzene rings is 1. The molecule has 2 amide bonds. The van der Waals surface area contributed by atoms with Crippen LogP contribution in [0.25, 0.3) is 0 Å². The smallest absolute Gasteiger partial charge is 0.255 e. The summed E-state index contributed by atoms with van der Waals surface area (Å²) in [4.78, 5) is 27.7. The van der Waals surface area contributed by atoms with Crippen molar-refractivity contribution < 1.29 is 9.59 Å². The van der Waals surface area contributed by atoms with Crippen LogP contribution in [0.3, 0.4) is 0 Å². The number of carbonyl (C=O) groups is 2. The maximum atomic E-state index is 12.4. The molecule has 5 nitrogen and oxygen atoms in total. The Morgan fingerprint density at radius 2 is 1.73 bits per heavy atom. The molecule has 1 fully saturated rings. The Bertz CT molecular complexity index is 546. The molecule has 0 radical (unpaired) electrons. The van der Waals surface area contributed by atoms with Crippen LogP contribution in [-0.4, -0.2) is 61.4 Å². The van der Waals surface area contributed by atoms with Crippen LogP contribution in [0.4, 0.5) is 0 Å². The molecular formula is C14H18Cl3N3O2. The fourth-order valence-corrected chi connectivity index (χ4v) is 2.64. The van der Waals surface area contributed by atoms with Gasteiger partial charge in [-0.3, -0.25) is 9.59 Å². The van der Waals surface area contributed by atoms with Gasteiger partial charge in [0.05, 0.1) is 22.2 Å². The summed E-state index contributed by atoms with van der Waals surface area (Å²) < 4.78 is 0. The Morgan fingerprint density at radius 1 is 1.14 bits per heavy atom. The summed E-state index contributed by atoms with van der Waals surface area (Å²) in [5, 5.41) is 3.48. The fraction of sp³-hybridized carbons (Fsp3) is 0.429. The first-order valence-corrected chi connectivity index (χ1v) is 7.46. The van der Waals surface area contributed by atoms with E-state index in [9.17, 15) is 9.59 Å². The number of hydrogen-bond acceptors (Lipinski definition) is 3. The Labute approximate surface area is 145 Å². The highest BCUT2D eigenvalue weighted by Crippen LogP contribution is 2.26. The summed E-state index contributed by atoms with van der Waals surface area (Å²) in [6.45, 7) is 2.37. The largest absolute Gasteiger partial charge is 0.338 e. The van der Waals surface area contributed by atoms with Gasteiger partial charge in [-0.05, 0) is 19.2 Å². The number of amides is 2. The zero-order valence-electron chi connectivity index (χ0n) is 12.1. The van der Waals surface area contributed by atoms with Crippen molar-refractivity contribution >= 4 is 47.4 Å². The van der Waals surface area contributed by atoms with Gasteiger partial charge in [-0.1, -0.05) is 29.3 Å². The van der Waals surface area contributed by atoms with E-state index in [-0.39, 0.29) is 29.2 Å². The van der Waals surface area contributed by atoms with E-state index in [1.165, 1.54) is 0 Å². The predicted octanol–water partition coefficient (Wildman–Crippen LogP) is 1.92. The van der Waals surface area contributed by atoms with Crippen LogP contribution >= 0.6 is 35.6 Å². The molecule has 1 aliphatic heterocycles. The molecular weight excluding hydrogens is 349 g/mol. The molecule has 0 unspecified atom stereocenters. The number of hydrogen-bond donors (Lipinski definition) is 1. The number of nitrogens with one attached hydrogen (secondary N) is 1. The van der Waals surface area contributed by atoms with Crippen molar-refractivity contribution in [1.82, 2.24) is 15.1 Å². The lowest BCUT2D eigenvalue weighted by Gasteiger charge is -2.35. The molecule has 22 heavy (non-hydrogen) atoms. The molecule has 0 saturated carbocycles. The first-order chi connectivity index (χ1) is 10.0. The molecule has 122 valence electrons. The van der Waals surface area contributed by atoms with E-state index in [0.717, 1.165) is 0 Å². The van der Waals surface area contributed by atoms with E-state index in [0.29, 0.717) is 43.3 Å². The van der Waals surface area contributed by atoms with Crippen LogP contribution in [0.15, 0.2) is 18.2 Å². The summed E-state index contributed by atoms with van der Waals surface area (Å²) in [5.74, 6) is -0.103. The average molecular weight is 367 g/mol.